The Bertz CT molecular complexity index is 2580. The van der Waals surface area contributed by atoms with E-state index in [1.807, 2.05) is 12.1 Å². The van der Waals surface area contributed by atoms with Crippen LogP contribution in [0.4, 0.5) is 4.39 Å². The molecule has 0 spiro atoms. The van der Waals surface area contributed by atoms with Gasteiger partial charge in [-0.2, -0.15) is 0 Å². The van der Waals surface area contributed by atoms with Crippen LogP contribution in [-0.2, 0) is 5.41 Å². The van der Waals surface area contributed by atoms with Crippen LogP contribution >= 0.6 is 0 Å². The molecule has 1 heteroatoms. The second kappa shape index (κ2) is 10.2. The minimum atomic E-state index is -0.224. The Morgan fingerprint density at radius 1 is 0.383 bits per heavy atom. The van der Waals surface area contributed by atoms with E-state index < -0.39 is 0 Å². The van der Waals surface area contributed by atoms with Gasteiger partial charge in [0.25, 0.3) is 0 Å². The Kier molecular flexibility index (Phi) is 6.05. The van der Waals surface area contributed by atoms with Crippen LogP contribution in [-0.4, -0.2) is 0 Å². The average molecular weight is 605 g/mol. The molecule has 0 atom stereocenters. The van der Waals surface area contributed by atoms with Gasteiger partial charge in [0.2, 0.25) is 0 Å². The molecule has 0 aliphatic heterocycles. The van der Waals surface area contributed by atoms with E-state index in [0.29, 0.717) is 0 Å². The second-order valence-corrected chi connectivity index (χ2v) is 13.8. The summed E-state index contributed by atoms with van der Waals surface area (Å²) in [7, 11) is 0. The van der Waals surface area contributed by atoms with Crippen LogP contribution in [0.25, 0.3) is 87.2 Å². The van der Waals surface area contributed by atoms with E-state index in [2.05, 4.69) is 142 Å². The van der Waals surface area contributed by atoms with Gasteiger partial charge in [0.1, 0.15) is 5.82 Å². The van der Waals surface area contributed by atoms with Gasteiger partial charge in [0, 0.05) is 0 Å². The SMILES string of the molecule is CC(C)(C)c1ccc(-c2ccc3ccc4c(-c5c6ccccc6c(-c6ccc(F)cc6)c6ccccc56)ccc5ccc2c3c54)cc1. The number of benzene rings is 9. The third-order valence-corrected chi connectivity index (χ3v) is 10.1. The Labute approximate surface area is 274 Å². The Morgan fingerprint density at radius 3 is 1.36 bits per heavy atom. The zero-order valence-electron chi connectivity index (χ0n) is 26.7. The van der Waals surface area contributed by atoms with Crippen molar-refractivity contribution >= 4 is 53.9 Å². The lowest BCUT2D eigenvalue weighted by Gasteiger charge is -2.21. The number of rotatable bonds is 3. The molecule has 0 bridgehead atoms. The fourth-order valence-electron chi connectivity index (χ4n) is 7.77. The maximum Gasteiger partial charge on any atom is 0.123 e. The molecule has 9 aromatic carbocycles. The molecule has 0 fully saturated rings. The molecule has 0 heterocycles. The van der Waals surface area contributed by atoms with Crippen molar-refractivity contribution in [1.29, 1.82) is 0 Å². The summed E-state index contributed by atoms with van der Waals surface area (Å²) in [5.41, 5.74) is 8.57. The van der Waals surface area contributed by atoms with Gasteiger partial charge in [0.05, 0.1) is 0 Å². The number of hydrogen-bond acceptors (Lipinski definition) is 0. The molecule has 0 N–H and O–H groups in total. The molecular weight excluding hydrogens is 572 g/mol. The lowest BCUT2D eigenvalue weighted by atomic mass is 9.82. The molecule has 0 aliphatic carbocycles. The summed E-state index contributed by atoms with van der Waals surface area (Å²) in [6.45, 7) is 6.79. The summed E-state index contributed by atoms with van der Waals surface area (Å²) < 4.78 is 14.0. The Balaban J connectivity index is 1.35. The summed E-state index contributed by atoms with van der Waals surface area (Å²) in [6, 6.07) is 51.7. The molecule has 0 saturated heterocycles. The summed E-state index contributed by atoms with van der Waals surface area (Å²) in [5, 5.41) is 12.4. The largest absolute Gasteiger partial charge is 0.207 e. The molecule has 0 aliphatic rings. The first kappa shape index (κ1) is 27.8. The molecule has 224 valence electrons. The monoisotopic (exact) mass is 604 g/mol. The highest BCUT2D eigenvalue weighted by Crippen LogP contribution is 2.48. The van der Waals surface area contributed by atoms with Crippen molar-refractivity contribution in [3.05, 3.63) is 157 Å². The van der Waals surface area contributed by atoms with Crippen molar-refractivity contribution < 1.29 is 4.39 Å². The third kappa shape index (κ3) is 4.27. The summed E-state index contributed by atoms with van der Waals surface area (Å²) in [4.78, 5) is 0. The van der Waals surface area contributed by atoms with E-state index in [0.717, 1.165) is 11.1 Å². The predicted octanol–water partition coefficient (Wildman–Crippen LogP) is 13.3. The van der Waals surface area contributed by atoms with Gasteiger partial charge >= 0.3 is 0 Å². The van der Waals surface area contributed by atoms with E-state index >= 15 is 0 Å². The van der Waals surface area contributed by atoms with Crippen molar-refractivity contribution in [3.8, 4) is 33.4 Å². The fraction of sp³-hybridized carbons (Fsp3) is 0.0870. The summed E-state index contributed by atoms with van der Waals surface area (Å²) in [6.07, 6.45) is 0. The number of fused-ring (bicyclic) bond motifs is 2. The summed E-state index contributed by atoms with van der Waals surface area (Å²) >= 11 is 0. The van der Waals surface area contributed by atoms with Crippen LogP contribution in [0, 0.1) is 5.82 Å². The van der Waals surface area contributed by atoms with Crippen LogP contribution in [0.2, 0.25) is 0 Å². The quantitative estimate of drug-likeness (QED) is 0.139. The van der Waals surface area contributed by atoms with Gasteiger partial charge in [-0.25, -0.2) is 4.39 Å². The van der Waals surface area contributed by atoms with E-state index in [4.69, 9.17) is 0 Å². The van der Waals surface area contributed by atoms with E-state index in [9.17, 15) is 4.39 Å². The molecule has 9 rings (SSSR count). The Hall–Kier alpha value is -5.53. The lowest BCUT2D eigenvalue weighted by molar-refractivity contribution is 0.590. The zero-order chi connectivity index (χ0) is 31.9. The molecule has 0 saturated carbocycles. The van der Waals surface area contributed by atoms with Crippen LogP contribution < -0.4 is 0 Å². The minimum absolute atomic E-state index is 0.114. The highest BCUT2D eigenvalue weighted by atomic mass is 19.1. The second-order valence-electron chi connectivity index (χ2n) is 13.8. The first-order valence-corrected chi connectivity index (χ1v) is 16.4. The summed E-state index contributed by atoms with van der Waals surface area (Å²) in [5.74, 6) is -0.224. The smallest absolute Gasteiger partial charge is 0.123 e. The zero-order valence-corrected chi connectivity index (χ0v) is 26.7. The van der Waals surface area contributed by atoms with Crippen molar-refractivity contribution in [3.63, 3.8) is 0 Å². The predicted molar refractivity (Wildman–Crippen MR) is 200 cm³/mol. The fourth-order valence-corrected chi connectivity index (χ4v) is 7.77. The average Bonchev–Trinajstić information content (AvgIpc) is 3.10. The maximum absolute atomic E-state index is 14.0. The van der Waals surface area contributed by atoms with Gasteiger partial charge < -0.3 is 0 Å². The van der Waals surface area contributed by atoms with Crippen molar-refractivity contribution in [2.45, 2.75) is 26.2 Å². The third-order valence-electron chi connectivity index (χ3n) is 10.1. The van der Waals surface area contributed by atoms with Crippen LogP contribution in [0.5, 0.6) is 0 Å². The van der Waals surface area contributed by atoms with Crippen LogP contribution in [0.1, 0.15) is 26.3 Å². The Morgan fingerprint density at radius 2 is 0.830 bits per heavy atom. The van der Waals surface area contributed by atoms with Crippen molar-refractivity contribution in [2.24, 2.45) is 0 Å². The van der Waals surface area contributed by atoms with Gasteiger partial charge in [0.15, 0.2) is 0 Å². The van der Waals surface area contributed by atoms with Crippen LogP contribution in [0.3, 0.4) is 0 Å². The van der Waals surface area contributed by atoms with Gasteiger partial charge in [-0.05, 0) is 110 Å². The first-order valence-electron chi connectivity index (χ1n) is 16.4. The number of hydrogen-bond donors (Lipinski definition) is 0. The molecular formula is C46H33F. The van der Waals surface area contributed by atoms with Crippen molar-refractivity contribution in [2.75, 3.05) is 0 Å². The van der Waals surface area contributed by atoms with Gasteiger partial charge in [-0.1, -0.05) is 154 Å². The van der Waals surface area contributed by atoms with E-state index in [1.165, 1.54) is 81.7 Å². The highest BCUT2D eigenvalue weighted by Gasteiger charge is 2.20. The molecule has 9 aromatic rings. The number of halogens is 1. The molecule has 0 unspecified atom stereocenters. The first-order chi connectivity index (χ1) is 22.9. The molecule has 0 radical (unpaired) electrons. The lowest BCUT2D eigenvalue weighted by Crippen LogP contribution is -2.10. The van der Waals surface area contributed by atoms with Crippen molar-refractivity contribution in [1.82, 2.24) is 0 Å². The molecule has 47 heavy (non-hydrogen) atoms. The highest BCUT2D eigenvalue weighted by molar-refractivity contribution is 6.30. The molecule has 0 amide bonds. The standard InChI is InChI=1S/C46H33F/c1-46(2,3)32-20-12-28(13-21-32)34-24-16-30-18-26-40-41(27-19-31-17-25-39(34)43(30)44(31)40)45-37-10-6-4-8-35(37)42(29-14-22-33(47)23-15-29)36-9-5-7-11-38(36)45/h4-27H,1-3H3. The molecule has 0 nitrogen and oxygen atoms in total. The van der Waals surface area contributed by atoms with Gasteiger partial charge in [-0.15, -0.1) is 0 Å². The van der Waals surface area contributed by atoms with Crippen LogP contribution in [0.15, 0.2) is 146 Å². The normalized spacial score (nSPS) is 12.3. The minimum Gasteiger partial charge on any atom is -0.207 e. The van der Waals surface area contributed by atoms with E-state index in [-0.39, 0.29) is 11.2 Å². The molecule has 0 aromatic heterocycles. The maximum atomic E-state index is 14.0. The van der Waals surface area contributed by atoms with Gasteiger partial charge in [-0.3, -0.25) is 0 Å². The van der Waals surface area contributed by atoms with E-state index in [1.54, 1.807) is 12.1 Å². The topological polar surface area (TPSA) is 0 Å².